The Labute approximate surface area is 106 Å². The van der Waals surface area contributed by atoms with Crippen molar-refractivity contribution in [3.63, 3.8) is 0 Å². The molecule has 1 aliphatic rings. The summed E-state index contributed by atoms with van der Waals surface area (Å²) in [4.78, 5) is 16.6. The molecule has 18 heavy (non-hydrogen) atoms. The number of hydrogen-bond donors (Lipinski definition) is 0. The van der Waals surface area contributed by atoms with Gasteiger partial charge >= 0.3 is 0 Å². The first-order valence-electron chi connectivity index (χ1n) is 6.21. The number of pyridine rings is 1. The molecular formula is C15H15NO2. The van der Waals surface area contributed by atoms with Crippen LogP contribution in [-0.4, -0.2) is 17.9 Å². The smallest absolute Gasteiger partial charge is 0.165 e. The first-order valence-corrected chi connectivity index (χ1v) is 6.21. The lowest BCUT2D eigenvalue weighted by Gasteiger charge is -2.19. The summed E-state index contributed by atoms with van der Waals surface area (Å²) < 4.78 is 5.22. The van der Waals surface area contributed by atoms with Gasteiger partial charge in [-0.1, -0.05) is 0 Å². The highest BCUT2D eigenvalue weighted by Crippen LogP contribution is 2.31. The molecule has 1 heterocycles. The maximum absolute atomic E-state index is 12.0. The van der Waals surface area contributed by atoms with Crippen molar-refractivity contribution in [2.45, 2.75) is 26.2 Å². The molecule has 1 aromatic carbocycles. The minimum atomic E-state index is 0.235. The minimum Gasteiger partial charge on any atom is -0.497 e. The van der Waals surface area contributed by atoms with Crippen LogP contribution in [0.1, 0.15) is 34.5 Å². The summed E-state index contributed by atoms with van der Waals surface area (Å²) >= 11 is 0. The standard InChI is InChI=1S/C15H15NO2/c1-9-15-12(4-3-5-14(15)17)11-7-6-10(18-2)8-13(11)16-9/h6-8H,3-5H2,1-2H3. The van der Waals surface area contributed by atoms with Crippen LogP contribution in [0.15, 0.2) is 18.2 Å². The van der Waals surface area contributed by atoms with Crippen molar-refractivity contribution in [2.75, 3.05) is 7.11 Å². The maximum atomic E-state index is 12.0. The molecule has 3 nitrogen and oxygen atoms in total. The number of Topliss-reactive ketones (excluding diaryl/α,β-unsaturated/α-hetero) is 1. The third kappa shape index (κ3) is 1.58. The molecule has 92 valence electrons. The van der Waals surface area contributed by atoms with Gasteiger partial charge in [0.15, 0.2) is 5.78 Å². The summed E-state index contributed by atoms with van der Waals surface area (Å²) in [6.45, 7) is 1.92. The number of carbonyl (C=O) groups excluding carboxylic acids is 1. The van der Waals surface area contributed by atoms with Gasteiger partial charge in [-0.2, -0.15) is 0 Å². The zero-order chi connectivity index (χ0) is 12.7. The predicted molar refractivity (Wildman–Crippen MR) is 70.3 cm³/mol. The Morgan fingerprint density at radius 1 is 1.28 bits per heavy atom. The normalized spacial score (nSPS) is 14.7. The van der Waals surface area contributed by atoms with Gasteiger partial charge in [0.1, 0.15) is 5.75 Å². The Kier molecular flexibility index (Phi) is 2.54. The molecule has 0 fully saturated rings. The fraction of sp³-hybridized carbons (Fsp3) is 0.333. The van der Waals surface area contributed by atoms with Crippen LogP contribution < -0.4 is 4.74 Å². The quantitative estimate of drug-likeness (QED) is 0.770. The van der Waals surface area contributed by atoms with E-state index in [2.05, 4.69) is 4.98 Å². The summed E-state index contributed by atoms with van der Waals surface area (Å²) in [5.74, 6) is 1.04. The van der Waals surface area contributed by atoms with Crippen LogP contribution in [0.3, 0.4) is 0 Å². The van der Waals surface area contributed by atoms with Crippen molar-refractivity contribution in [2.24, 2.45) is 0 Å². The second-order valence-electron chi connectivity index (χ2n) is 4.71. The third-order valence-electron chi connectivity index (χ3n) is 3.59. The Balaban J connectivity index is 2.34. The van der Waals surface area contributed by atoms with E-state index in [4.69, 9.17) is 4.74 Å². The molecule has 0 saturated heterocycles. The highest BCUT2D eigenvalue weighted by molar-refractivity contribution is 6.03. The molecule has 1 aromatic heterocycles. The Morgan fingerprint density at radius 3 is 2.89 bits per heavy atom. The van der Waals surface area contributed by atoms with Gasteiger partial charge in [-0.05, 0) is 37.5 Å². The highest BCUT2D eigenvalue weighted by Gasteiger charge is 2.22. The molecule has 0 atom stereocenters. The second kappa shape index (κ2) is 4.09. The van der Waals surface area contributed by atoms with Crippen molar-refractivity contribution >= 4 is 16.7 Å². The van der Waals surface area contributed by atoms with E-state index in [1.54, 1.807) is 7.11 Å². The number of fused-ring (bicyclic) bond motifs is 3. The third-order valence-corrected chi connectivity index (χ3v) is 3.59. The van der Waals surface area contributed by atoms with E-state index in [0.29, 0.717) is 6.42 Å². The number of benzene rings is 1. The van der Waals surface area contributed by atoms with E-state index in [0.717, 1.165) is 46.3 Å². The van der Waals surface area contributed by atoms with Gasteiger partial charge in [0.2, 0.25) is 0 Å². The van der Waals surface area contributed by atoms with Crippen molar-refractivity contribution < 1.29 is 9.53 Å². The first kappa shape index (κ1) is 11.2. The number of methoxy groups -OCH3 is 1. The fourth-order valence-electron chi connectivity index (χ4n) is 2.76. The zero-order valence-corrected chi connectivity index (χ0v) is 10.6. The average Bonchev–Trinajstić information content (AvgIpc) is 2.38. The summed E-state index contributed by atoms with van der Waals surface area (Å²) in [6.07, 6.45) is 2.56. The fourth-order valence-corrected chi connectivity index (χ4v) is 2.76. The number of aromatic nitrogens is 1. The van der Waals surface area contributed by atoms with Gasteiger partial charge in [-0.15, -0.1) is 0 Å². The molecule has 2 aromatic rings. The predicted octanol–water partition coefficient (Wildman–Crippen LogP) is 3.07. The first-order chi connectivity index (χ1) is 8.70. The lowest BCUT2D eigenvalue weighted by molar-refractivity contribution is 0.0972. The van der Waals surface area contributed by atoms with Crippen LogP contribution in [0.4, 0.5) is 0 Å². The number of carbonyl (C=O) groups is 1. The summed E-state index contributed by atoms with van der Waals surface area (Å²) in [5, 5.41) is 1.09. The molecule has 0 bridgehead atoms. The SMILES string of the molecule is COc1ccc2c3c(c(C)nc2c1)C(=O)CCC3. The van der Waals surface area contributed by atoms with E-state index in [1.165, 1.54) is 0 Å². The van der Waals surface area contributed by atoms with E-state index in [1.807, 2.05) is 25.1 Å². The largest absolute Gasteiger partial charge is 0.497 e. The van der Waals surface area contributed by atoms with Crippen molar-refractivity contribution in [3.8, 4) is 5.75 Å². The molecule has 3 heteroatoms. The molecule has 0 saturated carbocycles. The summed E-state index contributed by atoms with van der Waals surface area (Å²) in [5.41, 5.74) is 3.77. The van der Waals surface area contributed by atoms with Crippen molar-refractivity contribution in [1.82, 2.24) is 4.98 Å². The van der Waals surface area contributed by atoms with Crippen LogP contribution in [0, 0.1) is 6.92 Å². The summed E-state index contributed by atoms with van der Waals surface area (Å²) in [6, 6.07) is 5.87. The molecular weight excluding hydrogens is 226 g/mol. The van der Waals surface area contributed by atoms with Crippen LogP contribution in [0.2, 0.25) is 0 Å². The van der Waals surface area contributed by atoms with Gasteiger partial charge in [0.05, 0.1) is 12.6 Å². The molecule has 3 rings (SSSR count). The lowest BCUT2D eigenvalue weighted by atomic mass is 9.87. The number of aryl methyl sites for hydroxylation is 2. The zero-order valence-electron chi connectivity index (χ0n) is 10.6. The minimum absolute atomic E-state index is 0.235. The topological polar surface area (TPSA) is 39.2 Å². The van der Waals surface area contributed by atoms with Crippen molar-refractivity contribution in [1.29, 1.82) is 0 Å². The lowest BCUT2D eigenvalue weighted by Crippen LogP contribution is -2.14. The van der Waals surface area contributed by atoms with E-state index in [-0.39, 0.29) is 5.78 Å². The van der Waals surface area contributed by atoms with Gasteiger partial charge in [-0.25, -0.2) is 0 Å². The molecule has 0 aliphatic heterocycles. The van der Waals surface area contributed by atoms with Gasteiger partial charge in [0.25, 0.3) is 0 Å². The Morgan fingerprint density at radius 2 is 2.11 bits per heavy atom. The van der Waals surface area contributed by atoms with E-state index >= 15 is 0 Å². The molecule has 0 spiro atoms. The number of ketones is 1. The van der Waals surface area contributed by atoms with Crippen molar-refractivity contribution in [3.05, 3.63) is 35.0 Å². The number of ether oxygens (including phenoxy) is 1. The van der Waals surface area contributed by atoms with E-state index in [9.17, 15) is 4.79 Å². The highest BCUT2D eigenvalue weighted by atomic mass is 16.5. The molecule has 0 amide bonds. The molecule has 0 radical (unpaired) electrons. The van der Waals surface area contributed by atoms with Crippen LogP contribution in [0.5, 0.6) is 5.75 Å². The average molecular weight is 241 g/mol. The Hall–Kier alpha value is -1.90. The number of nitrogens with zero attached hydrogens (tertiary/aromatic N) is 1. The Bertz CT molecular complexity index is 646. The second-order valence-corrected chi connectivity index (χ2v) is 4.71. The summed E-state index contributed by atoms with van der Waals surface area (Å²) in [7, 11) is 1.65. The molecule has 1 aliphatic carbocycles. The van der Waals surface area contributed by atoms with Gasteiger partial charge in [-0.3, -0.25) is 9.78 Å². The number of rotatable bonds is 1. The van der Waals surface area contributed by atoms with Crippen LogP contribution >= 0.6 is 0 Å². The number of hydrogen-bond acceptors (Lipinski definition) is 3. The van der Waals surface area contributed by atoms with Crippen LogP contribution in [0.25, 0.3) is 10.9 Å². The molecule has 0 N–H and O–H groups in total. The van der Waals surface area contributed by atoms with E-state index < -0.39 is 0 Å². The monoisotopic (exact) mass is 241 g/mol. The molecule has 0 unspecified atom stereocenters. The van der Waals surface area contributed by atoms with Gasteiger partial charge in [0, 0.05) is 29.1 Å². The van der Waals surface area contributed by atoms with Crippen LogP contribution in [-0.2, 0) is 6.42 Å². The maximum Gasteiger partial charge on any atom is 0.165 e. The van der Waals surface area contributed by atoms with Gasteiger partial charge < -0.3 is 4.74 Å².